The number of likely N-dealkylation sites (tertiary alicyclic amines) is 1. The summed E-state index contributed by atoms with van der Waals surface area (Å²) in [6, 6.07) is 0. The second kappa shape index (κ2) is 6.24. The minimum Gasteiger partial charge on any atom is -0.481 e. The molecule has 0 bridgehead atoms. The number of carboxylic acids is 1. The van der Waals surface area contributed by atoms with Gasteiger partial charge in [0.05, 0.1) is 5.92 Å². The smallest absolute Gasteiger partial charge is 0.307 e. The predicted molar refractivity (Wildman–Crippen MR) is 65.4 cm³/mol. The third-order valence-electron chi connectivity index (χ3n) is 3.30. The molecule has 1 heterocycles. The fraction of sp³-hybridized carbons (Fsp3) is 0.923. The molecule has 1 aliphatic heterocycles. The highest BCUT2D eigenvalue weighted by atomic mass is 16.4. The summed E-state index contributed by atoms with van der Waals surface area (Å²) in [6.45, 7) is 9.63. The first kappa shape index (κ1) is 13.5. The van der Waals surface area contributed by atoms with Crippen LogP contribution in [-0.4, -0.2) is 35.6 Å². The van der Waals surface area contributed by atoms with Gasteiger partial charge in [-0.05, 0) is 37.6 Å². The number of rotatable bonds is 5. The van der Waals surface area contributed by atoms with Crippen molar-refractivity contribution < 1.29 is 9.90 Å². The molecule has 0 saturated carbocycles. The molecular weight excluding hydrogens is 202 g/mol. The van der Waals surface area contributed by atoms with Crippen molar-refractivity contribution in [3.8, 4) is 0 Å². The molecular formula is C13H25NO2. The first-order valence-electron chi connectivity index (χ1n) is 6.44. The van der Waals surface area contributed by atoms with E-state index in [1.165, 1.54) is 6.42 Å². The van der Waals surface area contributed by atoms with Crippen molar-refractivity contribution >= 4 is 5.97 Å². The summed E-state index contributed by atoms with van der Waals surface area (Å²) in [4.78, 5) is 13.3. The quantitative estimate of drug-likeness (QED) is 0.784. The van der Waals surface area contributed by atoms with Gasteiger partial charge in [-0.25, -0.2) is 0 Å². The van der Waals surface area contributed by atoms with Crippen LogP contribution in [-0.2, 0) is 4.79 Å². The fourth-order valence-electron chi connectivity index (χ4n) is 2.74. The molecule has 0 aromatic carbocycles. The van der Waals surface area contributed by atoms with E-state index in [1.807, 2.05) is 0 Å². The van der Waals surface area contributed by atoms with Gasteiger partial charge in [-0.2, -0.15) is 0 Å². The van der Waals surface area contributed by atoms with Crippen LogP contribution in [0.25, 0.3) is 0 Å². The van der Waals surface area contributed by atoms with Crippen molar-refractivity contribution in [3.05, 3.63) is 0 Å². The van der Waals surface area contributed by atoms with Gasteiger partial charge in [0.15, 0.2) is 0 Å². The van der Waals surface area contributed by atoms with E-state index in [4.69, 9.17) is 5.11 Å². The maximum absolute atomic E-state index is 10.9. The highest BCUT2D eigenvalue weighted by Crippen LogP contribution is 2.19. The zero-order valence-electron chi connectivity index (χ0n) is 10.8. The lowest BCUT2D eigenvalue weighted by molar-refractivity contribution is -0.143. The standard InChI is InChI=1S/C13H25NO2/c1-10(2)7-11(3)8-14-6-4-5-12(9-14)13(15)16/h10-12H,4-9H2,1-3H3,(H,15,16). The molecule has 16 heavy (non-hydrogen) atoms. The molecule has 1 fully saturated rings. The van der Waals surface area contributed by atoms with Crippen LogP contribution in [0.15, 0.2) is 0 Å². The first-order valence-corrected chi connectivity index (χ1v) is 6.44. The van der Waals surface area contributed by atoms with Crippen molar-refractivity contribution in [2.45, 2.75) is 40.0 Å². The predicted octanol–water partition coefficient (Wildman–Crippen LogP) is 2.47. The van der Waals surface area contributed by atoms with Gasteiger partial charge in [0, 0.05) is 13.1 Å². The topological polar surface area (TPSA) is 40.5 Å². The summed E-state index contributed by atoms with van der Waals surface area (Å²) >= 11 is 0. The molecule has 1 rings (SSSR count). The monoisotopic (exact) mass is 227 g/mol. The van der Waals surface area contributed by atoms with Gasteiger partial charge < -0.3 is 10.0 Å². The summed E-state index contributed by atoms with van der Waals surface area (Å²) in [5, 5.41) is 9.01. The first-order chi connectivity index (χ1) is 7.49. The molecule has 94 valence electrons. The summed E-state index contributed by atoms with van der Waals surface area (Å²) in [5.41, 5.74) is 0. The van der Waals surface area contributed by atoms with E-state index in [-0.39, 0.29) is 5.92 Å². The van der Waals surface area contributed by atoms with Crippen molar-refractivity contribution in [1.82, 2.24) is 4.90 Å². The number of nitrogens with zero attached hydrogens (tertiary/aromatic N) is 1. The zero-order valence-corrected chi connectivity index (χ0v) is 10.8. The Bertz CT molecular complexity index is 228. The minimum absolute atomic E-state index is 0.139. The molecule has 1 saturated heterocycles. The van der Waals surface area contributed by atoms with Crippen LogP contribution >= 0.6 is 0 Å². The van der Waals surface area contributed by atoms with Gasteiger partial charge in [-0.1, -0.05) is 20.8 Å². The lowest BCUT2D eigenvalue weighted by Gasteiger charge is -2.32. The molecule has 3 heteroatoms. The number of hydrogen-bond donors (Lipinski definition) is 1. The van der Waals surface area contributed by atoms with Crippen LogP contribution in [0.1, 0.15) is 40.0 Å². The molecule has 0 spiro atoms. The Balaban J connectivity index is 2.34. The third-order valence-corrected chi connectivity index (χ3v) is 3.30. The van der Waals surface area contributed by atoms with Crippen LogP contribution < -0.4 is 0 Å². The van der Waals surface area contributed by atoms with E-state index >= 15 is 0 Å². The molecule has 0 amide bonds. The van der Waals surface area contributed by atoms with Crippen molar-refractivity contribution in [3.63, 3.8) is 0 Å². The third kappa shape index (κ3) is 4.52. The second-order valence-electron chi connectivity index (χ2n) is 5.67. The Morgan fingerprint density at radius 3 is 2.69 bits per heavy atom. The van der Waals surface area contributed by atoms with E-state index in [9.17, 15) is 4.79 Å². The molecule has 3 nitrogen and oxygen atoms in total. The molecule has 1 N–H and O–H groups in total. The van der Waals surface area contributed by atoms with Gasteiger partial charge in [0.1, 0.15) is 0 Å². The Hall–Kier alpha value is -0.570. The van der Waals surface area contributed by atoms with Gasteiger partial charge in [0.2, 0.25) is 0 Å². The number of aliphatic carboxylic acids is 1. The molecule has 0 radical (unpaired) electrons. The Kier molecular flexibility index (Phi) is 5.26. The van der Waals surface area contributed by atoms with Crippen LogP contribution in [0.2, 0.25) is 0 Å². The largest absolute Gasteiger partial charge is 0.481 e. The molecule has 0 aliphatic carbocycles. The Morgan fingerprint density at radius 2 is 2.12 bits per heavy atom. The van der Waals surface area contributed by atoms with Crippen LogP contribution in [0.3, 0.4) is 0 Å². The van der Waals surface area contributed by atoms with Gasteiger partial charge in [-0.15, -0.1) is 0 Å². The number of carbonyl (C=O) groups is 1. The minimum atomic E-state index is -0.624. The lowest BCUT2D eigenvalue weighted by Crippen LogP contribution is -2.40. The fourth-order valence-corrected chi connectivity index (χ4v) is 2.74. The number of hydrogen-bond acceptors (Lipinski definition) is 2. The lowest BCUT2D eigenvalue weighted by atomic mass is 9.94. The zero-order chi connectivity index (χ0) is 12.1. The average molecular weight is 227 g/mol. The summed E-state index contributed by atoms with van der Waals surface area (Å²) in [7, 11) is 0. The second-order valence-corrected chi connectivity index (χ2v) is 5.67. The summed E-state index contributed by atoms with van der Waals surface area (Å²) in [5.74, 6) is 0.642. The SMILES string of the molecule is CC(C)CC(C)CN1CCCC(C(=O)O)C1. The van der Waals surface area contributed by atoms with E-state index in [0.717, 1.165) is 38.4 Å². The van der Waals surface area contributed by atoms with Gasteiger partial charge in [-0.3, -0.25) is 4.79 Å². The molecule has 1 aliphatic rings. The van der Waals surface area contributed by atoms with E-state index in [1.54, 1.807) is 0 Å². The van der Waals surface area contributed by atoms with Crippen molar-refractivity contribution in [2.24, 2.45) is 17.8 Å². The maximum Gasteiger partial charge on any atom is 0.307 e. The Morgan fingerprint density at radius 1 is 1.44 bits per heavy atom. The van der Waals surface area contributed by atoms with Crippen molar-refractivity contribution in [1.29, 1.82) is 0 Å². The average Bonchev–Trinajstić information content (AvgIpc) is 2.16. The normalized spacial score (nSPS) is 24.6. The molecule has 2 atom stereocenters. The summed E-state index contributed by atoms with van der Waals surface area (Å²) < 4.78 is 0. The van der Waals surface area contributed by atoms with Crippen molar-refractivity contribution in [2.75, 3.05) is 19.6 Å². The summed E-state index contributed by atoms with van der Waals surface area (Å²) in [6.07, 6.45) is 3.12. The Labute approximate surface area is 98.8 Å². The molecule has 0 aromatic rings. The maximum atomic E-state index is 10.9. The van der Waals surface area contributed by atoms with Crippen LogP contribution in [0, 0.1) is 17.8 Å². The van der Waals surface area contributed by atoms with Crippen LogP contribution in [0.5, 0.6) is 0 Å². The number of carboxylic acid groups (broad SMARTS) is 1. The van der Waals surface area contributed by atoms with Gasteiger partial charge >= 0.3 is 5.97 Å². The molecule has 2 unspecified atom stereocenters. The van der Waals surface area contributed by atoms with E-state index in [0.29, 0.717) is 5.92 Å². The highest BCUT2D eigenvalue weighted by molar-refractivity contribution is 5.70. The highest BCUT2D eigenvalue weighted by Gasteiger charge is 2.25. The van der Waals surface area contributed by atoms with E-state index < -0.39 is 5.97 Å². The van der Waals surface area contributed by atoms with E-state index in [2.05, 4.69) is 25.7 Å². The molecule has 0 aromatic heterocycles. The number of piperidine rings is 1. The van der Waals surface area contributed by atoms with Gasteiger partial charge in [0.25, 0.3) is 0 Å². The van der Waals surface area contributed by atoms with Crippen LogP contribution in [0.4, 0.5) is 0 Å².